The van der Waals surface area contributed by atoms with Crippen LogP contribution < -0.4 is 9.97 Å². The molecular formula is C31H32CuN4O. The molecule has 0 fully saturated rings. The Kier molecular flexibility index (Phi) is 7.45. The van der Waals surface area contributed by atoms with Crippen molar-refractivity contribution in [3.63, 3.8) is 0 Å². The van der Waals surface area contributed by atoms with Crippen molar-refractivity contribution < 1.29 is 21.9 Å². The van der Waals surface area contributed by atoms with Gasteiger partial charge in [0.2, 0.25) is 0 Å². The van der Waals surface area contributed by atoms with Crippen LogP contribution in [0, 0.1) is 13.8 Å². The predicted octanol–water partition coefficient (Wildman–Crippen LogP) is 7.24. The van der Waals surface area contributed by atoms with Gasteiger partial charge < -0.3 is 9.97 Å². The van der Waals surface area contributed by atoms with Gasteiger partial charge in [0.05, 0.1) is 22.8 Å². The normalized spacial score (nSPS) is 13.3. The van der Waals surface area contributed by atoms with Gasteiger partial charge in [-0.1, -0.05) is 61.7 Å². The molecule has 5 heterocycles. The zero-order chi connectivity index (χ0) is 25.7. The molecule has 2 aliphatic rings. The number of carbonyl (C=O) groups excluding carboxylic acids is 1. The Morgan fingerprint density at radius 2 is 1.11 bits per heavy atom. The first kappa shape index (κ1) is 26.8. The molecule has 0 saturated heterocycles. The molecule has 2 aliphatic heterocycles. The van der Waals surface area contributed by atoms with Crippen LogP contribution in [0.5, 0.6) is 0 Å². The Labute approximate surface area is 229 Å². The van der Waals surface area contributed by atoms with E-state index in [2.05, 4.69) is 53.7 Å². The van der Waals surface area contributed by atoms with Crippen molar-refractivity contribution in [2.24, 2.45) is 0 Å². The third-order valence-corrected chi connectivity index (χ3v) is 7.74. The number of hydrogen-bond acceptors (Lipinski definition) is 3. The van der Waals surface area contributed by atoms with Crippen molar-refractivity contribution in [2.75, 3.05) is 0 Å². The molecular weight excluding hydrogens is 508 g/mol. The molecule has 0 spiro atoms. The maximum absolute atomic E-state index is 12.1. The third kappa shape index (κ3) is 4.32. The van der Waals surface area contributed by atoms with Crippen LogP contribution in [0.25, 0.3) is 44.4 Å². The van der Waals surface area contributed by atoms with Crippen molar-refractivity contribution in [3.8, 4) is 0 Å². The minimum atomic E-state index is 0. The molecule has 5 nitrogen and oxygen atoms in total. The molecule has 0 aliphatic carbocycles. The first-order valence-corrected chi connectivity index (χ1v) is 12.8. The van der Waals surface area contributed by atoms with E-state index >= 15 is 0 Å². The Morgan fingerprint density at radius 3 is 1.62 bits per heavy atom. The van der Waals surface area contributed by atoms with E-state index in [0.29, 0.717) is 11.1 Å². The van der Waals surface area contributed by atoms with Gasteiger partial charge in [0, 0.05) is 5.56 Å². The van der Waals surface area contributed by atoms with Crippen molar-refractivity contribution >= 4 is 50.6 Å². The number of rotatable bonds is 4. The van der Waals surface area contributed by atoms with Gasteiger partial charge in [-0.2, -0.15) is 0 Å². The number of hydrogen-bond donors (Lipinski definition) is 0. The van der Waals surface area contributed by atoms with Gasteiger partial charge in [0.1, 0.15) is 6.29 Å². The summed E-state index contributed by atoms with van der Waals surface area (Å²) in [6.45, 7) is 14.8. The summed E-state index contributed by atoms with van der Waals surface area (Å²) in [6, 6.07) is 8.20. The molecule has 37 heavy (non-hydrogen) atoms. The minimum Gasteiger partial charge on any atom is -0.657 e. The second-order valence-electron chi connectivity index (χ2n) is 9.63. The van der Waals surface area contributed by atoms with Gasteiger partial charge in [-0.05, 0) is 69.2 Å². The summed E-state index contributed by atoms with van der Waals surface area (Å²) in [5, 5.41) is 0. The molecule has 1 radical (unpaired) electrons. The summed E-state index contributed by atoms with van der Waals surface area (Å²) < 4.78 is 0. The van der Waals surface area contributed by atoms with Crippen molar-refractivity contribution in [1.29, 1.82) is 0 Å². The van der Waals surface area contributed by atoms with Crippen LogP contribution in [0.15, 0.2) is 24.3 Å². The number of aryl methyl sites for hydroxylation is 3. The minimum absolute atomic E-state index is 0. The molecule has 8 bridgehead atoms. The smallest absolute Gasteiger partial charge is 0.657 e. The van der Waals surface area contributed by atoms with E-state index in [0.717, 1.165) is 76.0 Å². The fraction of sp³-hybridized carbons (Fsp3) is 0.323. The number of nitrogens with zero attached hydrogens (tertiary/aromatic N) is 4. The first-order chi connectivity index (χ1) is 17.3. The largest absolute Gasteiger partial charge is 2.00 e. The second kappa shape index (κ2) is 10.3. The monoisotopic (exact) mass is 539 g/mol. The van der Waals surface area contributed by atoms with E-state index in [1.807, 2.05) is 19.1 Å². The molecule has 193 valence electrons. The number of allylic oxidation sites excluding steroid dienone is 4. The first-order valence-electron chi connectivity index (χ1n) is 12.8. The van der Waals surface area contributed by atoms with E-state index in [9.17, 15) is 4.79 Å². The molecule has 0 amide bonds. The van der Waals surface area contributed by atoms with Crippen LogP contribution in [0.1, 0.15) is 97.3 Å². The average molecular weight is 540 g/mol. The quantitative estimate of drug-likeness (QED) is 0.258. The molecule has 5 rings (SSSR count). The summed E-state index contributed by atoms with van der Waals surface area (Å²) in [6.07, 6.45) is 3.52. The fourth-order valence-corrected chi connectivity index (χ4v) is 5.52. The van der Waals surface area contributed by atoms with Crippen molar-refractivity contribution in [2.45, 2.75) is 67.7 Å². The maximum atomic E-state index is 12.1. The summed E-state index contributed by atoms with van der Waals surface area (Å²) in [5.41, 5.74) is 15.6. The van der Waals surface area contributed by atoms with E-state index in [1.54, 1.807) is 0 Å². The standard InChI is InChI=1S/C31H33N4O.Cu/c1-8-20-16(4)24-11-25-17(5)22(10-3)30(33-25)14-31-23(15-36)19(7)27(35-31)13-29-21(9-2)18(6)26(34-29)12-28(20)32-24;/h11-15H,8-10H2,1-7H3,(H-,32,33,34,35,36);/q-1;+2/p-1. The number of aromatic nitrogens is 4. The van der Waals surface area contributed by atoms with Gasteiger partial charge in [-0.25, -0.2) is 9.97 Å². The van der Waals surface area contributed by atoms with Gasteiger partial charge in [0.25, 0.3) is 0 Å². The van der Waals surface area contributed by atoms with Gasteiger partial charge >= 0.3 is 17.1 Å². The third-order valence-electron chi connectivity index (χ3n) is 7.74. The molecule has 0 saturated carbocycles. The van der Waals surface area contributed by atoms with Crippen LogP contribution in [0.2, 0.25) is 0 Å². The Hall–Kier alpha value is -3.21. The predicted molar refractivity (Wildman–Crippen MR) is 149 cm³/mol. The number of carbonyl (C=O) groups is 1. The van der Waals surface area contributed by atoms with E-state index < -0.39 is 0 Å². The van der Waals surface area contributed by atoms with Crippen LogP contribution >= 0.6 is 0 Å². The van der Waals surface area contributed by atoms with Crippen molar-refractivity contribution in [1.82, 2.24) is 19.9 Å². The summed E-state index contributed by atoms with van der Waals surface area (Å²) >= 11 is 0. The van der Waals surface area contributed by atoms with Gasteiger partial charge in [-0.3, -0.25) is 4.79 Å². The van der Waals surface area contributed by atoms with Crippen LogP contribution in [-0.2, 0) is 23.5 Å². The molecule has 3 aromatic heterocycles. The Morgan fingerprint density at radius 1 is 0.649 bits per heavy atom. The molecule has 6 heteroatoms. The Bertz CT molecular complexity index is 1650. The average Bonchev–Trinajstić information content (AvgIpc) is 3.51. The summed E-state index contributed by atoms with van der Waals surface area (Å²) in [5.74, 6) is 0. The summed E-state index contributed by atoms with van der Waals surface area (Å²) in [7, 11) is 0. The molecule has 0 atom stereocenters. The molecule has 0 unspecified atom stereocenters. The van der Waals surface area contributed by atoms with E-state index in [-0.39, 0.29) is 17.1 Å². The van der Waals surface area contributed by atoms with Crippen LogP contribution in [0.4, 0.5) is 0 Å². The summed E-state index contributed by atoms with van der Waals surface area (Å²) in [4.78, 5) is 32.1. The zero-order valence-electron chi connectivity index (χ0n) is 22.5. The molecule has 0 aromatic carbocycles. The SMILES string of the molecule is CCC1=C(C)c2cc3[n-]c(cc4nc(cc5[n-]c(cc1n2)c(C)c5C=O)C(CC)=C4C)c(C)c3CC.[Cu+2]. The number of aldehydes is 1. The van der Waals surface area contributed by atoms with Gasteiger partial charge in [0.15, 0.2) is 0 Å². The topological polar surface area (TPSA) is 71.1 Å². The van der Waals surface area contributed by atoms with Gasteiger partial charge in [-0.15, -0.1) is 22.1 Å². The Balaban J connectivity index is 0.00000320. The van der Waals surface area contributed by atoms with Crippen LogP contribution in [-0.4, -0.2) is 16.3 Å². The second-order valence-corrected chi connectivity index (χ2v) is 9.63. The number of fused-ring (bicyclic) bond motifs is 8. The maximum Gasteiger partial charge on any atom is 2.00 e. The van der Waals surface area contributed by atoms with E-state index in [1.165, 1.54) is 27.8 Å². The zero-order valence-corrected chi connectivity index (χ0v) is 23.4. The van der Waals surface area contributed by atoms with E-state index in [4.69, 9.17) is 19.9 Å². The molecule has 3 aromatic rings. The molecule has 0 N–H and O–H groups in total. The van der Waals surface area contributed by atoms with Crippen molar-refractivity contribution in [3.05, 3.63) is 69.3 Å². The van der Waals surface area contributed by atoms with Crippen LogP contribution in [0.3, 0.4) is 0 Å². The fourth-order valence-electron chi connectivity index (χ4n) is 5.52.